The Kier molecular flexibility index (Phi) is 5.86. The van der Waals surface area contributed by atoms with Gasteiger partial charge in [0.05, 0.1) is 19.8 Å². The highest BCUT2D eigenvalue weighted by Crippen LogP contribution is 2.20. The number of sulfonamides is 1. The molecule has 0 atom stereocenters. The number of nitrogen functional groups attached to an aromatic ring is 1. The minimum Gasteiger partial charge on any atom is -0.398 e. The van der Waals surface area contributed by atoms with Gasteiger partial charge in [-0.05, 0) is 6.07 Å². The van der Waals surface area contributed by atoms with Gasteiger partial charge in [-0.1, -0.05) is 0 Å². The third-order valence-electron chi connectivity index (χ3n) is 1.83. The van der Waals surface area contributed by atoms with Crippen LogP contribution in [0.25, 0.3) is 0 Å². The van der Waals surface area contributed by atoms with E-state index >= 15 is 0 Å². The van der Waals surface area contributed by atoms with Gasteiger partial charge < -0.3 is 15.2 Å². The maximum atomic E-state index is 11.7. The molecule has 0 aromatic carbocycles. The van der Waals surface area contributed by atoms with Crippen LogP contribution in [0, 0.1) is 0 Å². The van der Waals surface area contributed by atoms with E-state index in [1.807, 2.05) is 0 Å². The van der Waals surface area contributed by atoms with Gasteiger partial charge in [-0.2, -0.15) is 0 Å². The Bertz CT molecular complexity index is 430. The van der Waals surface area contributed by atoms with Gasteiger partial charge in [-0.25, -0.2) is 13.1 Å². The first-order valence-electron chi connectivity index (χ1n) is 4.96. The summed E-state index contributed by atoms with van der Waals surface area (Å²) >= 11 is 1.09. The molecule has 1 aromatic heterocycles. The van der Waals surface area contributed by atoms with Crippen molar-refractivity contribution in [1.82, 2.24) is 4.72 Å². The van der Waals surface area contributed by atoms with Gasteiger partial charge in [-0.15, -0.1) is 11.3 Å². The van der Waals surface area contributed by atoms with Crippen molar-refractivity contribution in [3.05, 3.63) is 11.4 Å². The van der Waals surface area contributed by atoms with Crippen LogP contribution >= 0.6 is 11.3 Å². The van der Waals surface area contributed by atoms with Gasteiger partial charge in [0.1, 0.15) is 4.21 Å². The van der Waals surface area contributed by atoms with E-state index in [2.05, 4.69) is 4.72 Å². The molecular weight excluding hydrogens is 264 g/mol. The second-order valence-electron chi connectivity index (χ2n) is 3.20. The quantitative estimate of drug-likeness (QED) is 0.667. The summed E-state index contributed by atoms with van der Waals surface area (Å²) in [5, 5.41) is 1.59. The van der Waals surface area contributed by atoms with Crippen LogP contribution in [-0.2, 0) is 19.5 Å². The molecule has 0 amide bonds. The van der Waals surface area contributed by atoms with Gasteiger partial charge in [0.15, 0.2) is 0 Å². The molecule has 98 valence electrons. The molecule has 1 aromatic rings. The number of rotatable bonds is 8. The molecule has 0 saturated carbocycles. The van der Waals surface area contributed by atoms with Crippen molar-refractivity contribution >= 4 is 27.0 Å². The third-order valence-corrected chi connectivity index (χ3v) is 4.75. The second-order valence-corrected chi connectivity index (χ2v) is 6.11. The maximum Gasteiger partial charge on any atom is 0.250 e. The molecule has 17 heavy (non-hydrogen) atoms. The van der Waals surface area contributed by atoms with E-state index in [1.54, 1.807) is 12.5 Å². The topological polar surface area (TPSA) is 90.6 Å². The first kappa shape index (κ1) is 14.4. The van der Waals surface area contributed by atoms with E-state index in [4.69, 9.17) is 15.2 Å². The number of hydrogen-bond acceptors (Lipinski definition) is 6. The fraction of sp³-hybridized carbons (Fsp3) is 0.556. The molecule has 0 unspecified atom stereocenters. The summed E-state index contributed by atoms with van der Waals surface area (Å²) in [6.07, 6.45) is 0. The number of thiophene rings is 1. The van der Waals surface area contributed by atoms with Crippen LogP contribution in [0.4, 0.5) is 5.69 Å². The molecule has 0 fully saturated rings. The van der Waals surface area contributed by atoms with Crippen LogP contribution in [0.1, 0.15) is 0 Å². The molecule has 3 N–H and O–H groups in total. The molecular formula is C9H16N2O4S2. The number of methoxy groups -OCH3 is 1. The summed E-state index contributed by atoms with van der Waals surface area (Å²) in [5.41, 5.74) is 5.92. The average molecular weight is 280 g/mol. The normalized spacial score (nSPS) is 11.8. The van der Waals surface area contributed by atoms with Gasteiger partial charge >= 0.3 is 0 Å². The first-order chi connectivity index (χ1) is 8.06. The molecule has 0 radical (unpaired) electrons. The Balaban J connectivity index is 2.31. The molecule has 1 rings (SSSR count). The lowest BCUT2D eigenvalue weighted by atomic mass is 10.6. The zero-order chi connectivity index (χ0) is 12.7. The minimum atomic E-state index is -3.45. The lowest BCUT2D eigenvalue weighted by Crippen LogP contribution is -2.27. The third kappa shape index (κ3) is 5.00. The van der Waals surface area contributed by atoms with Crippen LogP contribution in [0.15, 0.2) is 15.7 Å². The number of hydrogen-bond donors (Lipinski definition) is 2. The van der Waals surface area contributed by atoms with Crippen LogP contribution in [-0.4, -0.2) is 41.9 Å². The van der Waals surface area contributed by atoms with E-state index in [1.165, 1.54) is 6.07 Å². The molecule has 6 nitrogen and oxygen atoms in total. The minimum absolute atomic E-state index is 0.215. The van der Waals surface area contributed by atoms with Crippen molar-refractivity contribution in [2.45, 2.75) is 4.21 Å². The van der Waals surface area contributed by atoms with Crippen molar-refractivity contribution in [3.63, 3.8) is 0 Å². The van der Waals surface area contributed by atoms with E-state index in [0.29, 0.717) is 25.5 Å². The standard InChI is InChI=1S/C9H16N2O4S2/c1-14-4-5-15-3-2-11-17(12,13)9-6-8(10)7-16-9/h6-7,11H,2-5,10H2,1H3. The largest absolute Gasteiger partial charge is 0.398 e. The van der Waals surface area contributed by atoms with Crippen molar-refractivity contribution in [2.75, 3.05) is 39.2 Å². The second kappa shape index (κ2) is 6.92. The predicted octanol–water partition coefficient (Wildman–Crippen LogP) is 0.272. The molecule has 0 spiro atoms. The molecule has 0 aliphatic rings. The molecule has 1 heterocycles. The summed E-state index contributed by atoms with van der Waals surface area (Å²) in [7, 11) is -1.88. The Morgan fingerprint density at radius 3 is 2.76 bits per heavy atom. The molecule has 0 aliphatic carbocycles. The number of anilines is 1. The van der Waals surface area contributed by atoms with Crippen LogP contribution in [0.5, 0.6) is 0 Å². The van der Waals surface area contributed by atoms with Crippen LogP contribution < -0.4 is 10.5 Å². The van der Waals surface area contributed by atoms with Crippen LogP contribution in [0.2, 0.25) is 0 Å². The van der Waals surface area contributed by atoms with Crippen LogP contribution in [0.3, 0.4) is 0 Å². The summed E-state index contributed by atoms with van der Waals surface area (Å²) in [4.78, 5) is 0. The Morgan fingerprint density at radius 2 is 2.18 bits per heavy atom. The Hall–Kier alpha value is -0.670. The smallest absolute Gasteiger partial charge is 0.250 e. The van der Waals surface area contributed by atoms with Crippen molar-refractivity contribution in [1.29, 1.82) is 0 Å². The lowest BCUT2D eigenvalue weighted by molar-refractivity contribution is 0.0736. The molecule has 0 aliphatic heterocycles. The summed E-state index contributed by atoms with van der Waals surface area (Å²) in [6.45, 7) is 1.48. The van der Waals surface area contributed by atoms with E-state index in [-0.39, 0.29) is 10.8 Å². The van der Waals surface area contributed by atoms with Gasteiger partial charge in [0, 0.05) is 24.7 Å². The predicted molar refractivity (Wildman–Crippen MR) is 66.6 cm³/mol. The van der Waals surface area contributed by atoms with Crippen molar-refractivity contribution in [2.24, 2.45) is 0 Å². The summed E-state index contributed by atoms with van der Waals surface area (Å²) in [6, 6.07) is 1.43. The SMILES string of the molecule is COCCOCCNS(=O)(=O)c1cc(N)cs1. The number of nitrogens with two attached hydrogens (primary N) is 1. The summed E-state index contributed by atoms with van der Waals surface area (Å²) < 4.78 is 36.0. The molecule has 0 saturated heterocycles. The zero-order valence-electron chi connectivity index (χ0n) is 9.51. The van der Waals surface area contributed by atoms with E-state index in [0.717, 1.165) is 11.3 Å². The lowest BCUT2D eigenvalue weighted by Gasteiger charge is -2.05. The van der Waals surface area contributed by atoms with Gasteiger partial charge in [0.2, 0.25) is 10.0 Å². The monoisotopic (exact) mass is 280 g/mol. The first-order valence-corrected chi connectivity index (χ1v) is 7.33. The van der Waals surface area contributed by atoms with Crippen molar-refractivity contribution in [3.8, 4) is 0 Å². The highest BCUT2D eigenvalue weighted by molar-refractivity contribution is 7.91. The highest BCUT2D eigenvalue weighted by Gasteiger charge is 2.15. The Labute approximate surface area is 105 Å². The fourth-order valence-electron chi connectivity index (χ4n) is 1.03. The zero-order valence-corrected chi connectivity index (χ0v) is 11.1. The Morgan fingerprint density at radius 1 is 1.41 bits per heavy atom. The summed E-state index contributed by atoms with van der Waals surface area (Å²) in [5.74, 6) is 0. The molecule has 8 heteroatoms. The molecule has 0 bridgehead atoms. The van der Waals surface area contributed by atoms with Gasteiger partial charge in [-0.3, -0.25) is 0 Å². The van der Waals surface area contributed by atoms with Crippen molar-refractivity contribution < 1.29 is 17.9 Å². The fourth-order valence-corrected chi connectivity index (χ4v) is 3.17. The van der Waals surface area contributed by atoms with Gasteiger partial charge in [0.25, 0.3) is 0 Å². The van der Waals surface area contributed by atoms with E-state index in [9.17, 15) is 8.42 Å². The average Bonchev–Trinajstić information content (AvgIpc) is 2.71. The number of nitrogens with one attached hydrogen (secondary N) is 1. The maximum absolute atomic E-state index is 11.7. The number of ether oxygens (including phenoxy) is 2. The van der Waals surface area contributed by atoms with E-state index < -0.39 is 10.0 Å². The highest BCUT2D eigenvalue weighted by atomic mass is 32.2.